The van der Waals surface area contributed by atoms with Gasteiger partial charge in [0.25, 0.3) is 0 Å². The molecule has 0 aliphatic rings. The molecule has 0 heterocycles. The molecule has 1 amide bonds. The molecule has 0 spiro atoms. The van der Waals surface area contributed by atoms with E-state index in [4.69, 9.17) is 9.47 Å². The van der Waals surface area contributed by atoms with E-state index in [9.17, 15) is 9.59 Å². The van der Waals surface area contributed by atoms with Crippen molar-refractivity contribution in [2.45, 2.75) is 123 Å². The zero-order valence-corrected chi connectivity index (χ0v) is 18.4. The van der Waals surface area contributed by atoms with Gasteiger partial charge in [0, 0.05) is 12.5 Å². The maximum Gasteiger partial charge on any atom is 0.407 e. The summed E-state index contributed by atoms with van der Waals surface area (Å²) in [7, 11) is 0. The lowest BCUT2D eigenvalue weighted by Crippen LogP contribution is -2.39. The van der Waals surface area contributed by atoms with Gasteiger partial charge in [-0.1, -0.05) is 58.8 Å². The van der Waals surface area contributed by atoms with Gasteiger partial charge in [-0.15, -0.1) is 0 Å². The van der Waals surface area contributed by atoms with Crippen LogP contribution in [0.25, 0.3) is 0 Å². The highest BCUT2D eigenvalue weighted by atomic mass is 16.6. The minimum Gasteiger partial charge on any atom is -0.466 e. The van der Waals surface area contributed by atoms with Gasteiger partial charge in [0.2, 0.25) is 0 Å². The van der Waals surface area contributed by atoms with Gasteiger partial charge in [0.15, 0.2) is 0 Å². The Balaban J connectivity index is 4.23. The zero-order chi connectivity index (χ0) is 20.5. The summed E-state index contributed by atoms with van der Waals surface area (Å²) in [6.07, 6.45) is 11.6. The lowest BCUT2D eigenvalue weighted by molar-refractivity contribution is -0.143. The Morgan fingerprint density at radius 1 is 0.852 bits per heavy atom. The van der Waals surface area contributed by atoms with E-state index in [1.165, 1.54) is 25.7 Å². The molecule has 0 aliphatic heterocycles. The van der Waals surface area contributed by atoms with Gasteiger partial charge in [-0.3, -0.25) is 4.79 Å². The lowest BCUT2D eigenvalue weighted by atomic mass is 10.0. The molecule has 1 unspecified atom stereocenters. The summed E-state index contributed by atoms with van der Waals surface area (Å²) in [5.74, 6) is -0.134. The normalized spacial score (nSPS) is 12.5. The van der Waals surface area contributed by atoms with Crippen LogP contribution in [0.15, 0.2) is 0 Å². The van der Waals surface area contributed by atoms with Crippen molar-refractivity contribution < 1.29 is 19.1 Å². The molecule has 27 heavy (non-hydrogen) atoms. The monoisotopic (exact) mass is 385 g/mol. The largest absolute Gasteiger partial charge is 0.466 e. The van der Waals surface area contributed by atoms with Crippen molar-refractivity contribution in [3.63, 3.8) is 0 Å². The van der Waals surface area contributed by atoms with E-state index in [-0.39, 0.29) is 18.1 Å². The first kappa shape index (κ1) is 25.7. The second-order valence-corrected chi connectivity index (χ2v) is 8.37. The summed E-state index contributed by atoms with van der Waals surface area (Å²) in [5.41, 5.74) is -0.502. The highest BCUT2D eigenvalue weighted by molar-refractivity contribution is 5.69. The molecule has 0 fully saturated rings. The van der Waals surface area contributed by atoms with Crippen LogP contribution in [0.5, 0.6) is 0 Å². The molecule has 5 heteroatoms. The van der Waals surface area contributed by atoms with Crippen LogP contribution >= 0.6 is 0 Å². The third kappa shape index (κ3) is 17.9. The van der Waals surface area contributed by atoms with Gasteiger partial charge in [-0.05, 0) is 46.5 Å². The van der Waals surface area contributed by atoms with Crippen LogP contribution in [0.3, 0.4) is 0 Å². The number of esters is 1. The molecule has 0 bridgehead atoms. The van der Waals surface area contributed by atoms with Crippen LogP contribution in [-0.4, -0.2) is 30.3 Å². The van der Waals surface area contributed by atoms with Crippen molar-refractivity contribution in [1.29, 1.82) is 0 Å². The van der Waals surface area contributed by atoms with E-state index in [0.717, 1.165) is 44.9 Å². The minimum absolute atomic E-state index is 0.0503. The van der Waals surface area contributed by atoms with E-state index in [1.54, 1.807) is 0 Å². The first-order valence-electron chi connectivity index (χ1n) is 10.9. The van der Waals surface area contributed by atoms with Crippen LogP contribution in [0.1, 0.15) is 112 Å². The summed E-state index contributed by atoms with van der Waals surface area (Å²) in [6.45, 7) is 10.4. The number of amides is 1. The fourth-order valence-corrected chi connectivity index (χ4v) is 2.86. The zero-order valence-electron chi connectivity index (χ0n) is 18.4. The van der Waals surface area contributed by atoms with Gasteiger partial charge < -0.3 is 14.8 Å². The summed E-state index contributed by atoms with van der Waals surface area (Å²) < 4.78 is 10.6. The Hall–Kier alpha value is -1.26. The number of hydrogen-bond donors (Lipinski definition) is 1. The third-order valence-corrected chi connectivity index (χ3v) is 4.32. The molecular formula is C22H43NO4. The smallest absolute Gasteiger partial charge is 0.407 e. The molecule has 1 N–H and O–H groups in total. The summed E-state index contributed by atoms with van der Waals surface area (Å²) in [4.78, 5) is 23.9. The molecule has 0 aromatic heterocycles. The number of rotatable bonds is 15. The first-order chi connectivity index (χ1) is 12.8. The highest BCUT2D eigenvalue weighted by Gasteiger charge is 2.19. The van der Waals surface area contributed by atoms with Gasteiger partial charge in [-0.25, -0.2) is 4.79 Å². The predicted molar refractivity (Wildman–Crippen MR) is 111 cm³/mol. The van der Waals surface area contributed by atoms with Crippen molar-refractivity contribution in [3.05, 3.63) is 0 Å². The minimum atomic E-state index is -0.502. The molecule has 0 aromatic rings. The van der Waals surface area contributed by atoms with Gasteiger partial charge in [-0.2, -0.15) is 0 Å². The number of carbonyl (C=O) groups excluding carboxylic acids is 2. The molecule has 0 saturated heterocycles. The fourth-order valence-electron chi connectivity index (χ4n) is 2.86. The number of carbonyl (C=O) groups is 2. The van der Waals surface area contributed by atoms with Crippen molar-refractivity contribution in [3.8, 4) is 0 Å². The Bertz CT molecular complexity index is 390. The Labute approximate surface area is 167 Å². The molecule has 0 saturated carbocycles. The SMILES string of the molecule is CCCCCCCC(CCCC(=O)OCCCCC)NC(=O)OC(C)(C)C. The van der Waals surface area contributed by atoms with Gasteiger partial charge in [0.1, 0.15) is 5.60 Å². The Morgan fingerprint density at radius 3 is 2.07 bits per heavy atom. The molecule has 5 nitrogen and oxygen atoms in total. The first-order valence-corrected chi connectivity index (χ1v) is 10.9. The van der Waals surface area contributed by atoms with E-state index in [2.05, 4.69) is 19.2 Å². The molecular weight excluding hydrogens is 342 g/mol. The second kappa shape index (κ2) is 15.8. The topological polar surface area (TPSA) is 64.6 Å². The standard InChI is InChI=1S/C22H43NO4/c1-6-8-10-11-12-15-19(23-21(25)27-22(3,4)5)16-14-17-20(24)26-18-13-9-7-2/h19H,6-18H2,1-5H3,(H,23,25). The maximum absolute atomic E-state index is 12.1. The van der Waals surface area contributed by atoms with Crippen LogP contribution in [0.4, 0.5) is 4.79 Å². The van der Waals surface area contributed by atoms with Crippen LogP contribution < -0.4 is 5.32 Å². The summed E-state index contributed by atoms with van der Waals surface area (Å²) >= 11 is 0. The molecule has 0 aromatic carbocycles. The molecule has 160 valence electrons. The quantitative estimate of drug-likeness (QED) is 0.271. The number of hydrogen-bond acceptors (Lipinski definition) is 4. The molecule has 0 aliphatic carbocycles. The van der Waals surface area contributed by atoms with Crippen molar-refractivity contribution in [2.75, 3.05) is 6.61 Å². The molecule has 0 radical (unpaired) electrons. The van der Waals surface area contributed by atoms with Gasteiger partial charge in [0.05, 0.1) is 6.61 Å². The average molecular weight is 386 g/mol. The van der Waals surface area contributed by atoms with Crippen molar-refractivity contribution >= 4 is 12.1 Å². The third-order valence-electron chi connectivity index (χ3n) is 4.32. The number of alkyl carbamates (subject to hydrolysis) is 1. The predicted octanol–water partition coefficient (Wildman–Crippen LogP) is 6.14. The average Bonchev–Trinajstić information content (AvgIpc) is 2.56. The fraction of sp³-hybridized carbons (Fsp3) is 0.909. The molecule has 1 atom stereocenters. The van der Waals surface area contributed by atoms with E-state index in [0.29, 0.717) is 13.0 Å². The van der Waals surface area contributed by atoms with Crippen LogP contribution in [0.2, 0.25) is 0 Å². The van der Waals surface area contributed by atoms with E-state index in [1.807, 2.05) is 20.8 Å². The second-order valence-electron chi connectivity index (χ2n) is 8.37. The van der Waals surface area contributed by atoms with Crippen LogP contribution in [-0.2, 0) is 14.3 Å². The van der Waals surface area contributed by atoms with Crippen LogP contribution in [0, 0.1) is 0 Å². The molecule has 0 rings (SSSR count). The number of nitrogens with one attached hydrogen (secondary N) is 1. The van der Waals surface area contributed by atoms with E-state index >= 15 is 0 Å². The van der Waals surface area contributed by atoms with E-state index < -0.39 is 5.60 Å². The van der Waals surface area contributed by atoms with Gasteiger partial charge >= 0.3 is 12.1 Å². The highest BCUT2D eigenvalue weighted by Crippen LogP contribution is 2.14. The Kier molecular flexibility index (Phi) is 15.0. The number of unbranched alkanes of at least 4 members (excludes halogenated alkanes) is 6. The number of ether oxygens (including phenoxy) is 2. The Morgan fingerprint density at radius 2 is 1.44 bits per heavy atom. The van der Waals surface area contributed by atoms with Crippen molar-refractivity contribution in [1.82, 2.24) is 5.32 Å². The summed E-state index contributed by atoms with van der Waals surface area (Å²) in [6, 6.07) is 0.0503. The maximum atomic E-state index is 12.1. The lowest BCUT2D eigenvalue weighted by Gasteiger charge is -2.23. The summed E-state index contributed by atoms with van der Waals surface area (Å²) in [5, 5.41) is 2.98. The van der Waals surface area contributed by atoms with Crippen molar-refractivity contribution in [2.24, 2.45) is 0 Å².